The molecule has 2 aromatic rings. The van der Waals surface area contributed by atoms with Crippen LogP contribution in [0.4, 0.5) is 11.4 Å². The predicted octanol–water partition coefficient (Wildman–Crippen LogP) is 5.16. The SMILES string of the molecule is COc1ccc(NC(=O)c2ccc(NC(=O)COC(=O)C34CC5CC(CC(Br)(C5)C3)C4)cc2)cc1. The van der Waals surface area contributed by atoms with Crippen molar-refractivity contribution in [2.75, 3.05) is 24.4 Å². The minimum Gasteiger partial charge on any atom is -0.497 e. The maximum Gasteiger partial charge on any atom is 0.312 e. The van der Waals surface area contributed by atoms with Crippen molar-refractivity contribution < 1.29 is 23.9 Å². The van der Waals surface area contributed by atoms with Crippen LogP contribution >= 0.6 is 15.9 Å². The van der Waals surface area contributed by atoms with Crippen LogP contribution in [0.1, 0.15) is 48.9 Å². The van der Waals surface area contributed by atoms with Gasteiger partial charge in [0.1, 0.15) is 5.75 Å². The molecule has 0 spiro atoms. The minimum absolute atomic E-state index is 0.0553. The summed E-state index contributed by atoms with van der Waals surface area (Å²) in [7, 11) is 1.58. The van der Waals surface area contributed by atoms with Crippen LogP contribution in [0.25, 0.3) is 0 Å². The molecule has 0 radical (unpaired) electrons. The summed E-state index contributed by atoms with van der Waals surface area (Å²) in [4.78, 5) is 37.9. The quantitative estimate of drug-likeness (QED) is 0.373. The Morgan fingerprint density at radius 2 is 1.51 bits per heavy atom. The van der Waals surface area contributed by atoms with E-state index in [-0.39, 0.29) is 22.8 Å². The Labute approximate surface area is 213 Å². The van der Waals surface area contributed by atoms with Crippen molar-refractivity contribution >= 4 is 45.1 Å². The van der Waals surface area contributed by atoms with Gasteiger partial charge in [-0.3, -0.25) is 14.4 Å². The van der Waals surface area contributed by atoms with Crippen molar-refractivity contribution in [3.8, 4) is 5.75 Å². The summed E-state index contributed by atoms with van der Waals surface area (Å²) >= 11 is 3.90. The number of halogens is 1. The molecule has 2 N–H and O–H groups in total. The van der Waals surface area contributed by atoms with E-state index in [1.165, 1.54) is 6.42 Å². The Hall–Kier alpha value is -2.87. The first-order valence-electron chi connectivity index (χ1n) is 12.0. The molecule has 0 saturated heterocycles. The number of nitrogens with one attached hydrogen (secondary N) is 2. The molecule has 2 aromatic carbocycles. The molecular weight excluding hydrogens is 512 g/mol. The van der Waals surface area contributed by atoms with Crippen molar-refractivity contribution in [2.45, 2.75) is 42.8 Å². The number of alkyl halides is 1. The molecule has 4 aliphatic carbocycles. The zero-order valence-corrected chi connectivity index (χ0v) is 21.2. The van der Waals surface area contributed by atoms with Crippen LogP contribution in [0.3, 0.4) is 0 Å². The largest absolute Gasteiger partial charge is 0.497 e. The van der Waals surface area contributed by atoms with Gasteiger partial charge in [-0.1, -0.05) is 15.9 Å². The summed E-state index contributed by atoms with van der Waals surface area (Å²) in [5.41, 5.74) is 1.18. The number of hydrogen-bond donors (Lipinski definition) is 2. The van der Waals surface area contributed by atoms with Gasteiger partial charge < -0.3 is 20.1 Å². The first-order chi connectivity index (χ1) is 16.8. The van der Waals surface area contributed by atoms with E-state index < -0.39 is 11.3 Å². The topological polar surface area (TPSA) is 93.7 Å². The number of rotatable bonds is 7. The molecule has 35 heavy (non-hydrogen) atoms. The summed E-state index contributed by atoms with van der Waals surface area (Å²) in [5.74, 6) is 0.943. The molecule has 2 atom stereocenters. The fourth-order valence-corrected chi connectivity index (χ4v) is 7.91. The van der Waals surface area contributed by atoms with Crippen LogP contribution in [-0.4, -0.2) is 35.8 Å². The highest BCUT2D eigenvalue weighted by molar-refractivity contribution is 9.10. The van der Waals surface area contributed by atoms with Gasteiger partial charge in [-0.05, 0) is 98.9 Å². The number of amides is 2. The van der Waals surface area contributed by atoms with E-state index in [1.54, 1.807) is 55.6 Å². The monoisotopic (exact) mass is 540 g/mol. The Morgan fingerprint density at radius 1 is 0.914 bits per heavy atom. The van der Waals surface area contributed by atoms with E-state index in [0.717, 1.165) is 32.1 Å². The van der Waals surface area contributed by atoms with Crippen LogP contribution in [0, 0.1) is 17.3 Å². The van der Waals surface area contributed by atoms with Gasteiger partial charge in [0.25, 0.3) is 11.8 Å². The fourth-order valence-electron chi connectivity index (χ4n) is 6.45. The Kier molecular flexibility index (Phi) is 6.34. The van der Waals surface area contributed by atoms with Crippen LogP contribution in [-0.2, 0) is 14.3 Å². The lowest BCUT2D eigenvalue weighted by Crippen LogP contribution is -2.56. The molecule has 2 unspecified atom stereocenters. The number of ether oxygens (including phenoxy) is 2. The first kappa shape index (κ1) is 23.9. The highest BCUT2D eigenvalue weighted by Crippen LogP contribution is 2.64. The summed E-state index contributed by atoms with van der Waals surface area (Å²) in [6.07, 6.45) is 6.01. The molecule has 4 fully saturated rings. The summed E-state index contributed by atoms with van der Waals surface area (Å²) < 4.78 is 10.7. The first-order valence-corrected chi connectivity index (χ1v) is 12.8. The van der Waals surface area contributed by atoms with Gasteiger partial charge in [0.05, 0.1) is 12.5 Å². The predicted molar refractivity (Wildman–Crippen MR) is 136 cm³/mol. The van der Waals surface area contributed by atoms with E-state index >= 15 is 0 Å². The third-order valence-corrected chi connectivity index (χ3v) is 8.46. The van der Waals surface area contributed by atoms with Crippen molar-refractivity contribution in [3.05, 3.63) is 54.1 Å². The molecule has 4 saturated carbocycles. The average molecular weight is 541 g/mol. The lowest BCUT2D eigenvalue weighted by molar-refractivity contribution is -0.170. The third kappa shape index (κ3) is 5.08. The van der Waals surface area contributed by atoms with Crippen molar-refractivity contribution in [2.24, 2.45) is 17.3 Å². The Bertz CT molecular complexity index is 1120. The van der Waals surface area contributed by atoms with Gasteiger partial charge in [0.15, 0.2) is 6.61 Å². The summed E-state index contributed by atoms with van der Waals surface area (Å²) in [6, 6.07) is 13.6. The molecule has 0 heterocycles. The number of anilines is 2. The number of benzene rings is 2. The maximum atomic E-state index is 13.0. The van der Waals surface area contributed by atoms with Crippen LogP contribution in [0.5, 0.6) is 5.75 Å². The summed E-state index contributed by atoms with van der Waals surface area (Å²) in [5, 5.41) is 5.55. The summed E-state index contributed by atoms with van der Waals surface area (Å²) in [6.45, 7) is -0.315. The van der Waals surface area contributed by atoms with Gasteiger partial charge >= 0.3 is 5.97 Å². The molecule has 4 aliphatic rings. The Balaban J connectivity index is 1.12. The van der Waals surface area contributed by atoms with Gasteiger partial charge in [0.2, 0.25) is 0 Å². The fraction of sp³-hybridized carbons (Fsp3) is 0.444. The zero-order valence-electron chi connectivity index (χ0n) is 19.6. The molecule has 0 aliphatic heterocycles. The van der Waals surface area contributed by atoms with Crippen LogP contribution < -0.4 is 15.4 Å². The highest BCUT2D eigenvalue weighted by atomic mass is 79.9. The van der Waals surface area contributed by atoms with Crippen LogP contribution in [0.15, 0.2) is 48.5 Å². The normalized spacial score (nSPS) is 28.3. The number of carbonyl (C=O) groups excluding carboxylic acids is 3. The molecule has 7 nitrogen and oxygen atoms in total. The molecule has 8 heteroatoms. The van der Waals surface area contributed by atoms with E-state index in [9.17, 15) is 14.4 Å². The molecule has 4 bridgehead atoms. The molecule has 0 aromatic heterocycles. The minimum atomic E-state index is -0.452. The molecule has 184 valence electrons. The highest BCUT2D eigenvalue weighted by Gasteiger charge is 2.60. The maximum absolute atomic E-state index is 13.0. The van der Waals surface area contributed by atoms with Crippen molar-refractivity contribution in [3.63, 3.8) is 0 Å². The van der Waals surface area contributed by atoms with Crippen molar-refractivity contribution in [1.82, 2.24) is 0 Å². The lowest BCUT2D eigenvalue weighted by atomic mass is 9.49. The second kappa shape index (κ2) is 9.30. The zero-order chi connectivity index (χ0) is 24.6. The number of hydrogen-bond acceptors (Lipinski definition) is 5. The number of esters is 1. The van der Waals surface area contributed by atoms with Crippen molar-refractivity contribution in [1.29, 1.82) is 0 Å². The molecule has 2 amide bonds. The number of methoxy groups -OCH3 is 1. The van der Waals surface area contributed by atoms with E-state index in [1.807, 2.05) is 0 Å². The molecule has 6 rings (SSSR count). The third-order valence-electron chi connectivity index (χ3n) is 7.54. The smallest absolute Gasteiger partial charge is 0.312 e. The van der Waals surface area contributed by atoms with Gasteiger partial charge in [-0.25, -0.2) is 0 Å². The van der Waals surface area contributed by atoms with Gasteiger partial charge in [-0.2, -0.15) is 0 Å². The standard InChI is InChI=1S/C27H29BrN2O5/c1-34-22-8-6-21(7-9-22)30-24(32)19-2-4-20(5-3-19)29-23(31)15-35-25(33)26-11-17-10-18(12-26)14-27(28,13-17)16-26/h2-9,17-18H,10-16H2,1H3,(H,29,31)(H,30,32). The Morgan fingerprint density at radius 3 is 2.11 bits per heavy atom. The van der Waals surface area contributed by atoms with Crippen LogP contribution in [0.2, 0.25) is 0 Å². The van der Waals surface area contributed by atoms with E-state index in [4.69, 9.17) is 9.47 Å². The van der Waals surface area contributed by atoms with Gasteiger partial charge in [0, 0.05) is 21.3 Å². The second-order valence-corrected chi connectivity index (χ2v) is 12.0. The number of carbonyl (C=O) groups is 3. The average Bonchev–Trinajstić information content (AvgIpc) is 2.82. The molecular formula is C27H29BrN2O5. The second-order valence-electron chi connectivity index (χ2n) is 10.3. The van der Waals surface area contributed by atoms with E-state index in [0.29, 0.717) is 34.5 Å². The van der Waals surface area contributed by atoms with E-state index in [2.05, 4.69) is 26.6 Å². The van der Waals surface area contributed by atoms with Gasteiger partial charge in [-0.15, -0.1) is 0 Å². The lowest BCUT2D eigenvalue weighted by Gasteiger charge is -2.58.